The molecular formula is C14H10ClFN6S. The van der Waals surface area contributed by atoms with Crippen LogP contribution in [0.4, 0.5) is 4.39 Å². The van der Waals surface area contributed by atoms with Crippen LogP contribution in [0.15, 0.2) is 24.4 Å². The summed E-state index contributed by atoms with van der Waals surface area (Å²) in [6, 6.07) is 4.43. The van der Waals surface area contributed by atoms with Crippen LogP contribution in [0.1, 0.15) is 5.69 Å². The van der Waals surface area contributed by atoms with Crippen LogP contribution in [-0.4, -0.2) is 29.6 Å². The number of hydrogen-bond acceptors (Lipinski definition) is 5. The van der Waals surface area contributed by atoms with Gasteiger partial charge < -0.3 is 0 Å². The lowest BCUT2D eigenvalue weighted by Crippen LogP contribution is -1.93. The first-order valence-electron chi connectivity index (χ1n) is 6.71. The third kappa shape index (κ3) is 2.30. The molecule has 0 fully saturated rings. The van der Waals surface area contributed by atoms with Gasteiger partial charge in [0.15, 0.2) is 10.8 Å². The highest BCUT2D eigenvalue weighted by molar-refractivity contribution is 7.19. The molecule has 6 nitrogen and oxygen atoms in total. The maximum Gasteiger partial charge on any atom is 0.235 e. The first kappa shape index (κ1) is 14.3. The van der Waals surface area contributed by atoms with E-state index in [4.69, 9.17) is 11.6 Å². The average Bonchev–Trinajstić information content (AvgIpc) is 3.13. The quantitative estimate of drug-likeness (QED) is 0.557. The summed E-state index contributed by atoms with van der Waals surface area (Å²) in [5.74, 6) is -0.114. The number of fused-ring (bicyclic) bond motifs is 1. The molecule has 0 bridgehead atoms. The Morgan fingerprint density at radius 2 is 2.00 bits per heavy atom. The molecule has 0 N–H and O–H groups in total. The van der Waals surface area contributed by atoms with Gasteiger partial charge in [0, 0.05) is 18.3 Å². The van der Waals surface area contributed by atoms with Crippen LogP contribution in [0.25, 0.3) is 26.9 Å². The number of hydrogen-bond donors (Lipinski definition) is 0. The molecule has 0 aliphatic heterocycles. The number of benzene rings is 1. The van der Waals surface area contributed by atoms with Gasteiger partial charge in [-0.1, -0.05) is 22.9 Å². The van der Waals surface area contributed by atoms with Crippen LogP contribution in [0.2, 0.25) is 5.02 Å². The second kappa shape index (κ2) is 5.10. The number of rotatable bonds is 2. The maximum absolute atomic E-state index is 14.1. The largest absolute Gasteiger partial charge is 0.275 e. The van der Waals surface area contributed by atoms with Gasteiger partial charge in [0.1, 0.15) is 5.82 Å². The van der Waals surface area contributed by atoms with Crippen molar-refractivity contribution in [3.8, 4) is 22.0 Å². The molecular weight excluding hydrogens is 339 g/mol. The van der Waals surface area contributed by atoms with E-state index in [1.807, 2.05) is 20.2 Å². The molecule has 9 heteroatoms. The predicted molar refractivity (Wildman–Crippen MR) is 86.0 cm³/mol. The fraction of sp³-hybridized carbons (Fsp3) is 0.143. The summed E-state index contributed by atoms with van der Waals surface area (Å²) in [5.41, 5.74) is 2.10. The van der Waals surface area contributed by atoms with Crippen molar-refractivity contribution >= 4 is 27.9 Å². The molecule has 23 heavy (non-hydrogen) atoms. The summed E-state index contributed by atoms with van der Waals surface area (Å²) >= 11 is 7.17. The molecule has 3 aromatic heterocycles. The van der Waals surface area contributed by atoms with Gasteiger partial charge in [0.2, 0.25) is 4.96 Å². The third-order valence-corrected chi connectivity index (χ3v) is 4.57. The maximum atomic E-state index is 14.1. The summed E-state index contributed by atoms with van der Waals surface area (Å²) in [7, 11) is 1.85. The summed E-state index contributed by atoms with van der Waals surface area (Å²) in [6.45, 7) is 1.91. The molecule has 0 radical (unpaired) electrons. The molecule has 3 heterocycles. The number of nitrogens with zero attached hydrogens (tertiary/aromatic N) is 6. The summed E-state index contributed by atoms with van der Waals surface area (Å²) < 4.78 is 17.4. The molecule has 4 aromatic rings. The highest BCUT2D eigenvalue weighted by Gasteiger charge is 2.19. The lowest BCUT2D eigenvalue weighted by atomic mass is 10.2. The van der Waals surface area contributed by atoms with Crippen LogP contribution in [0.5, 0.6) is 0 Å². The SMILES string of the molecule is Cc1nn(C)cc1-c1nn2c(-c3ccc(Cl)cc3F)nnc2s1. The summed E-state index contributed by atoms with van der Waals surface area (Å²) in [6.07, 6.45) is 1.89. The Bertz CT molecular complexity index is 1030. The van der Waals surface area contributed by atoms with Crippen LogP contribution >= 0.6 is 22.9 Å². The first-order valence-corrected chi connectivity index (χ1v) is 7.90. The Morgan fingerprint density at radius 3 is 2.70 bits per heavy atom. The van der Waals surface area contributed by atoms with Gasteiger partial charge in [-0.25, -0.2) is 4.39 Å². The van der Waals surface area contributed by atoms with E-state index >= 15 is 0 Å². The molecule has 0 saturated heterocycles. The fourth-order valence-corrected chi connectivity index (χ4v) is 3.43. The minimum absolute atomic E-state index is 0.307. The Hall–Kier alpha value is -2.32. The van der Waals surface area contributed by atoms with E-state index in [1.165, 1.54) is 17.4 Å². The van der Waals surface area contributed by atoms with E-state index in [2.05, 4.69) is 20.4 Å². The van der Waals surface area contributed by atoms with Crippen molar-refractivity contribution in [1.29, 1.82) is 0 Å². The number of aryl methyl sites for hydroxylation is 2. The molecule has 1 aromatic carbocycles. The van der Waals surface area contributed by atoms with Gasteiger partial charge in [0.25, 0.3) is 0 Å². The number of aromatic nitrogens is 6. The zero-order chi connectivity index (χ0) is 16.1. The summed E-state index contributed by atoms with van der Waals surface area (Å²) in [4.78, 5) is 0.590. The molecule has 0 aliphatic rings. The van der Waals surface area contributed by atoms with E-state index in [-0.39, 0.29) is 0 Å². The van der Waals surface area contributed by atoms with E-state index in [0.717, 1.165) is 16.3 Å². The Balaban J connectivity index is 1.88. The van der Waals surface area contributed by atoms with Crippen molar-refractivity contribution in [2.24, 2.45) is 7.05 Å². The van der Waals surface area contributed by atoms with Gasteiger partial charge in [-0.15, -0.1) is 10.2 Å². The van der Waals surface area contributed by atoms with Crippen molar-refractivity contribution in [3.05, 3.63) is 40.9 Å². The highest BCUT2D eigenvalue weighted by atomic mass is 35.5. The zero-order valence-corrected chi connectivity index (χ0v) is 13.7. The fourth-order valence-electron chi connectivity index (χ4n) is 2.37. The first-order chi connectivity index (χ1) is 11.0. The molecule has 0 unspecified atom stereocenters. The second-order valence-electron chi connectivity index (χ2n) is 5.05. The highest BCUT2D eigenvalue weighted by Crippen LogP contribution is 2.30. The Morgan fingerprint density at radius 1 is 1.17 bits per heavy atom. The van der Waals surface area contributed by atoms with Crippen LogP contribution in [-0.2, 0) is 7.05 Å². The Kier molecular flexibility index (Phi) is 3.17. The van der Waals surface area contributed by atoms with Crippen LogP contribution in [0.3, 0.4) is 0 Å². The van der Waals surface area contributed by atoms with Gasteiger partial charge in [0.05, 0.1) is 16.8 Å². The second-order valence-corrected chi connectivity index (χ2v) is 6.44. The van der Waals surface area contributed by atoms with Crippen LogP contribution in [0, 0.1) is 12.7 Å². The third-order valence-electron chi connectivity index (χ3n) is 3.41. The predicted octanol–water partition coefficient (Wildman–Crippen LogP) is 3.35. The zero-order valence-electron chi connectivity index (χ0n) is 12.2. The van der Waals surface area contributed by atoms with E-state index in [9.17, 15) is 4.39 Å². The molecule has 0 atom stereocenters. The standard InChI is InChI=1S/C14H10ClFN6S/c1-7-10(6-21(2)19-7)13-20-22-12(17-18-14(22)23-13)9-4-3-8(15)5-11(9)16/h3-6H,1-2H3. The molecule has 0 aliphatic carbocycles. The molecule has 0 saturated carbocycles. The average molecular weight is 349 g/mol. The van der Waals surface area contributed by atoms with E-state index in [0.29, 0.717) is 21.4 Å². The van der Waals surface area contributed by atoms with Gasteiger partial charge >= 0.3 is 0 Å². The van der Waals surface area contributed by atoms with Crippen molar-refractivity contribution in [2.75, 3.05) is 0 Å². The van der Waals surface area contributed by atoms with E-state index in [1.54, 1.807) is 21.3 Å². The van der Waals surface area contributed by atoms with Gasteiger partial charge in [-0.2, -0.15) is 14.7 Å². The lowest BCUT2D eigenvalue weighted by molar-refractivity contribution is 0.629. The minimum Gasteiger partial charge on any atom is -0.275 e. The van der Waals surface area contributed by atoms with Crippen molar-refractivity contribution in [1.82, 2.24) is 29.6 Å². The smallest absolute Gasteiger partial charge is 0.235 e. The van der Waals surface area contributed by atoms with Crippen LogP contribution < -0.4 is 0 Å². The topological polar surface area (TPSA) is 60.9 Å². The van der Waals surface area contributed by atoms with Crippen molar-refractivity contribution in [3.63, 3.8) is 0 Å². The molecule has 4 rings (SSSR count). The minimum atomic E-state index is -0.459. The Labute approximate surface area is 139 Å². The van der Waals surface area contributed by atoms with Crippen molar-refractivity contribution < 1.29 is 4.39 Å². The monoisotopic (exact) mass is 348 g/mol. The molecule has 116 valence electrons. The molecule has 0 spiro atoms. The lowest BCUT2D eigenvalue weighted by Gasteiger charge is -1.99. The van der Waals surface area contributed by atoms with Gasteiger partial charge in [-0.3, -0.25) is 4.68 Å². The normalized spacial score (nSPS) is 11.5. The number of halogens is 2. The molecule has 0 amide bonds. The van der Waals surface area contributed by atoms with Crippen molar-refractivity contribution in [2.45, 2.75) is 6.92 Å². The van der Waals surface area contributed by atoms with Gasteiger partial charge in [-0.05, 0) is 25.1 Å². The summed E-state index contributed by atoms with van der Waals surface area (Å²) in [5, 5.41) is 18.0. The van der Waals surface area contributed by atoms with E-state index < -0.39 is 5.82 Å².